The first-order valence-electron chi connectivity index (χ1n) is 6.83. The molecule has 0 aromatic carbocycles. The maximum absolute atomic E-state index is 4.93. The van der Waals surface area contributed by atoms with E-state index in [1.165, 1.54) is 38.5 Å². The molecule has 0 aromatic rings. The minimum atomic E-state index is -0.826. The molecule has 0 atom stereocenters. The van der Waals surface area contributed by atoms with Gasteiger partial charge in [-0.1, -0.05) is 50.8 Å². The second-order valence-electron chi connectivity index (χ2n) is 4.72. The van der Waals surface area contributed by atoms with Crippen molar-refractivity contribution >= 4 is 17.0 Å². The van der Waals surface area contributed by atoms with E-state index in [2.05, 4.69) is 33.8 Å². The van der Waals surface area contributed by atoms with E-state index in [-0.39, 0.29) is 0 Å². The van der Waals surface area contributed by atoms with Crippen molar-refractivity contribution in [2.45, 2.75) is 66.2 Å². The number of halogens is 2. The van der Waals surface area contributed by atoms with E-state index in [0.29, 0.717) is 0 Å². The molecule has 18 heavy (non-hydrogen) atoms. The van der Waals surface area contributed by atoms with Crippen LogP contribution in [0.25, 0.3) is 0 Å². The van der Waals surface area contributed by atoms with Gasteiger partial charge in [0.25, 0.3) is 0 Å². The molecule has 0 saturated carbocycles. The average Bonchev–Trinajstić information content (AvgIpc) is 2.62. The van der Waals surface area contributed by atoms with Crippen molar-refractivity contribution in [3.05, 3.63) is 28.7 Å². The second kappa shape index (κ2) is 11.7. The summed E-state index contributed by atoms with van der Waals surface area (Å²) in [5, 5.41) is 0. The normalized spacial score (nSPS) is 15.3. The molecule has 1 aliphatic rings. The van der Waals surface area contributed by atoms with Crippen LogP contribution in [-0.4, -0.2) is 0 Å². The number of unbranched alkanes of at least 4 members (excludes halogenated alkanes) is 2. The van der Waals surface area contributed by atoms with Crippen LogP contribution in [0.1, 0.15) is 66.2 Å². The van der Waals surface area contributed by atoms with Crippen LogP contribution in [0.5, 0.6) is 0 Å². The Morgan fingerprint density at radius 3 is 2.00 bits per heavy atom. The van der Waals surface area contributed by atoms with Crippen LogP contribution >= 0.6 is 17.0 Å². The van der Waals surface area contributed by atoms with E-state index >= 15 is 0 Å². The number of allylic oxidation sites excluding steroid dienone is 4. The van der Waals surface area contributed by atoms with Crippen LogP contribution in [0, 0.1) is 5.92 Å². The summed E-state index contributed by atoms with van der Waals surface area (Å²) in [7, 11) is 9.87. The van der Waals surface area contributed by atoms with Crippen LogP contribution in [-0.2, 0) is 20.8 Å². The van der Waals surface area contributed by atoms with Crippen molar-refractivity contribution in [2.75, 3.05) is 0 Å². The van der Waals surface area contributed by atoms with Gasteiger partial charge in [-0.05, 0) is 38.2 Å². The number of hydrogen-bond acceptors (Lipinski definition) is 0. The van der Waals surface area contributed by atoms with Crippen LogP contribution < -0.4 is 0 Å². The van der Waals surface area contributed by atoms with E-state index in [0.717, 1.165) is 0 Å². The van der Waals surface area contributed by atoms with Gasteiger partial charge in [0.15, 0.2) is 0 Å². The maximum atomic E-state index is 4.93. The van der Waals surface area contributed by atoms with E-state index in [1.54, 1.807) is 22.6 Å². The van der Waals surface area contributed by atoms with Gasteiger partial charge >= 0.3 is 37.9 Å². The van der Waals surface area contributed by atoms with Gasteiger partial charge in [0.1, 0.15) is 0 Å². The molecule has 1 aliphatic carbocycles. The topological polar surface area (TPSA) is 0 Å². The first kappa shape index (κ1) is 18.9. The molecule has 1 radical (unpaired) electrons. The van der Waals surface area contributed by atoms with Gasteiger partial charge in [-0.25, -0.2) is 0 Å². The fraction of sp³-hybridized carbons (Fsp3) is 0.667. The molecule has 0 fully saturated rings. The Balaban J connectivity index is 0.000000873. The molecule has 0 unspecified atom stereocenters. The summed E-state index contributed by atoms with van der Waals surface area (Å²) in [6.07, 6.45) is 10.3. The van der Waals surface area contributed by atoms with Crippen molar-refractivity contribution in [3.63, 3.8) is 0 Å². The predicted molar refractivity (Wildman–Crippen MR) is 80.5 cm³/mol. The summed E-state index contributed by atoms with van der Waals surface area (Å²) in [5.41, 5.74) is 4.75. The minimum absolute atomic E-state index is 0.826. The Kier molecular flexibility index (Phi) is 12.4. The Morgan fingerprint density at radius 1 is 1.00 bits per heavy atom. The zero-order valence-corrected chi connectivity index (χ0v) is 16.0. The van der Waals surface area contributed by atoms with Gasteiger partial charge in [0, 0.05) is 5.92 Å². The van der Waals surface area contributed by atoms with Crippen LogP contribution in [0.4, 0.5) is 0 Å². The van der Waals surface area contributed by atoms with Crippen LogP contribution in [0.3, 0.4) is 0 Å². The van der Waals surface area contributed by atoms with E-state index in [4.69, 9.17) is 17.0 Å². The predicted octanol–water partition coefficient (Wildman–Crippen LogP) is 6.59. The molecule has 0 heterocycles. The van der Waals surface area contributed by atoms with Gasteiger partial charge in [0.05, 0.1) is 0 Å². The molecule has 0 aliphatic heterocycles. The molecule has 0 saturated heterocycles. The van der Waals surface area contributed by atoms with Crippen molar-refractivity contribution in [3.8, 4) is 0 Å². The monoisotopic (exact) mass is 365 g/mol. The molecular formula is C15H25Cl2Zr. The Morgan fingerprint density at radius 2 is 1.50 bits per heavy atom. The molecule has 103 valence electrons. The quantitative estimate of drug-likeness (QED) is 0.496. The Hall–Kier alpha value is 0.943. The molecule has 0 aromatic heterocycles. The molecule has 0 spiro atoms. The summed E-state index contributed by atoms with van der Waals surface area (Å²) < 4.78 is 0. The molecule has 0 amide bonds. The molecule has 1 rings (SSSR count). The zero-order chi connectivity index (χ0) is 14.0. The molecular weight excluding hydrogens is 342 g/mol. The molecule has 0 N–H and O–H groups in total. The van der Waals surface area contributed by atoms with Gasteiger partial charge < -0.3 is 0 Å². The van der Waals surface area contributed by atoms with E-state index in [1.807, 2.05) is 0 Å². The fourth-order valence-electron chi connectivity index (χ4n) is 2.16. The Labute approximate surface area is 132 Å². The summed E-state index contributed by atoms with van der Waals surface area (Å²) in [5.74, 6) is 1.55. The average molecular weight is 367 g/mol. The van der Waals surface area contributed by atoms with Crippen molar-refractivity contribution in [1.29, 1.82) is 0 Å². The summed E-state index contributed by atoms with van der Waals surface area (Å²) in [4.78, 5) is 0. The summed E-state index contributed by atoms with van der Waals surface area (Å²) in [6, 6.07) is 0. The first-order valence-corrected chi connectivity index (χ1v) is 13.2. The summed E-state index contributed by atoms with van der Waals surface area (Å²) in [6.45, 7) is 9.11. The van der Waals surface area contributed by atoms with E-state index < -0.39 is 20.8 Å². The zero-order valence-electron chi connectivity index (χ0n) is 12.1. The standard InChI is InChI=1S/C15H25.2ClH.Zr/c1-5-7-9-14-11-15(10-8-6-2)13(4)12(14)3;;;/h11H,5-10H2,1-4H3;2*1H;/q;;;+2/p-2. The van der Waals surface area contributed by atoms with Crippen LogP contribution in [0.2, 0.25) is 0 Å². The van der Waals surface area contributed by atoms with Crippen molar-refractivity contribution in [2.24, 2.45) is 0 Å². The first-order chi connectivity index (χ1) is 8.62. The van der Waals surface area contributed by atoms with E-state index in [9.17, 15) is 0 Å². The van der Waals surface area contributed by atoms with Crippen molar-refractivity contribution < 1.29 is 20.8 Å². The van der Waals surface area contributed by atoms with Gasteiger partial charge in [-0.2, -0.15) is 0 Å². The number of rotatable bonds is 6. The third kappa shape index (κ3) is 6.92. The van der Waals surface area contributed by atoms with Gasteiger partial charge in [-0.3, -0.25) is 0 Å². The third-order valence-electron chi connectivity index (χ3n) is 3.47. The SMILES string of the molecule is CCCCC1=CC(CCCC)=C(C)[C]1C.[Cl][Zr][Cl]. The Bertz CT molecular complexity index is 282. The molecule has 3 heteroatoms. The van der Waals surface area contributed by atoms with Crippen molar-refractivity contribution in [1.82, 2.24) is 0 Å². The van der Waals surface area contributed by atoms with Gasteiger partial charge in [0.2, 0.25) is 0 Å². The van der Waals surface area contributed by atoms with Gasteiger partial charge in [-0.15, -0.1) is 0 Å². The third-order valence-corrected chi connectivity index (χ3v) is 3.47. The van der Waals surface area contributed by atoms with Crippen LogP contribution in [0.15, 0.2) is 22.8 Å². The molecule has 0 bridgehead atoms. The molecule has 0 nitrogen and oxygen atoms in total. The second-order valence-corrected chi connectivity index (χ2v) is 8.46. The summed E-state index contributed by atoms with van der Waals surface area (Å²) >= 11 is -0.826. The number of hydrogen-bond donors (Lipinski definition) is 0. The fourth-order valence-corrected chi connectivity index (χ4v) is 2.16.